The quantitative estimate of drug-likeness (QED) is 0.782. The fourth-order valence-electron chi connectivity index (χ4n) is 1.59. The number of benzene rings is 1. The van der Waals surface area contributed by atoms with Crippen LogP contribution in [0.5, 0.6) is 0 Å². The number of aromatic nitrogens is 1. The third-order valence-electron chi connectivity index (χ3n) is 2.41. The second kappa shape index (κ2) is 5.00. The van der Waals surface area contributed by atoms with E-state index in [0.717, 1.165) is 18.2 Å². The molecule has 92 valence electrons. The Hall–Kier alpha value is -2.17. The van der Waals surface area contributed by atoms with Gasteiger partial charge in [0.15, 0.2) is 0 Å². The molecular formula is C13H8F3NO. The molecule has 0 spiro atoms. The van der Waals surface area contributed by atoms with Crippen LogP contribution < -0.4 is 0 Å². The van der Waals surface area contributed by atoms with Gasteiger partial charge < -0.3 is 0 Å². The molecule has 0 aliphatic heterocycles. The summed E-state index contributed by atoms with van der Waals surface area (Å²) in [5.74, 6) is -1.81. The molecule has 0 N–H and O–H groups in total. The number of halogens is 3. The second-order valence-corrected chi connectivity index (χ2v) is 3.55. The number of pyridine rings is 1. The fraction of sp³-hybridized carbons (Fsp3) is 0.0769. The molecular weight excluding hydrogens is 243 g/mol. The molecule has 0 aliphatic carbocycles. The average Bonchev–Trinajstić information content (AvgIpc) is 2.38. The van der Waals surface area contributed by atoms with Crippen molar-refractivity contribution < 1.29 is 18.0 Å². The molecule has 0 saturated carbocycles. The van der Waals surface area contributed by atoms with E-state index in [1.165, 1.54) is 18.3 Å². The lowest BCUT2D eigenvalue weighted by atomic mass is 10.0. The number of rotatable bonds is 3. The van der Waals surface area contributed by atoms with Crippen LogP contribution in [0.3, 0.4) is 0 Å². The van der Waals surface area contributed by atoms with Gasteiger partial charge in [-0.05, 0) is 18.2 Å². The van der Waals surface area contributed by atoms with Crippen LogP contribution in [0.1, 0.15) is 28.0 Å². The molecule has 0 radical (unpaired) electrons. The minimum Gasteiger partial charge on any atom is -0.287 e. The molecule has 1 heterocycles. The van der Waals surface area contributed by atoms with Crippen LogP contribution in [0.2, 0.25) is 0 Å². The lowest BCUT2D eigenvalue weighted by Crippen LogP contribution is -2.10. The summed E-state index contributed by atoms with van der Waals surface area (Å²) in [4.78, 5) is 15.7. The Morgan fingerprint density at radius 2 is 1.89 bits per heavy atom. The lowest BCUT2D eigenvalue weighted by molar-refractivity contribution is 0.101. The number of hydrogen-bond donors (Lipinski definition) is 0. The molecule has 2 nitrogen and oxygen atoms in total. The van der Waals surface area contributed by atoms with Crippen molar-refractivity contribution in [2.75, 3.05) is 0 Å². The van der Waals surface area contributed by atoms with Crippen LogP contribution in [0, 0.1) is 5.82 Å². The first-order valence-corrected chi connectivity index (χ1v) is 5.13. The number of nitrogens with zero attached hydrogens (tertiary/aromatic N) is 1. The molecule has 0 fully saturated rings. The molecule has 0 saturated heterocycles. The summed E-state index contributed by atoms with van der Waals surface area (Å²) >= 11 is 0. The maximum Gasteiger partial charge on any atom is 0.264 e. The Kier molecular flexibility index (Phi) is 3.41. The molecule has 2 rings (SSSR count). The van der Waals surface area contributed by atoms with Crippen molar-refractivity contribution in [2.45, 2.75) is 6.43 Å². The van der Waals surface area contributed by atoms with Gasteiger partial charge in [-0.25, -0.2) is 13.2 Å². The highest BCUT2D eigenvalue weighted by atomic mass is 19.3. The second-order valence-electron chi connectivity index (χ2n) is 3.55. The van der Waals surface area contributed by atoms with Gasteiger partial charge in [-0.15, -0.1) is 0 Å². The van der Waals surface area contributed by atoms with Crippen molar-refractivity contribution in [3.05, 3.63) is 65.2 Å². The Morgan fingerprint density at radius 1 is 1.11 bits per heavy atom. The zero-order chi connectivity index (χ0) is 13.1. The van der Waals surface area contributed by atoms with Gasteiger partial charge in [-0.2, -0.15) is 0 Å². The summed E-state index contributed by atoms with van der Waals surface area (Å²) in [6.07, 6.45) is -1.57. The summed E-state index contributed by atoms with van der Waals surface area (Å²) in [7, 11) is 0. The SMILES string of the molecule is O=C(c1ccccn1)c1c(F)cccc1C(F)F. The van der Waals surface area contributed by atoms with Gasteiger partial charge in [-0.1, -0.05) is 18.2 Å². The van der Waals surface area contributed by atoms with Gasteiger partial charge in [0.25, 0.3) is 6.43 Å². The molecule has 0 atom stereocenters. The Balaban J connectivity index is 2.54. The lowest BCUT2D eigenvalue weighted by Gasteiger charge is -2.08. The van der Waals surface area contributed by atoms with Gasteiger partial charge in [-0.3, -0.25) is 9.78 Å². The molecule has 2 aromatic rings. The van der Waals surface area contributed by atoms with Crippen molar-refractivity contribution in [1.29, 1.82) is 0 Å². The molecule has 5 heteroatoms. The van der Waals surface area contributed by atoms with Crippen molar-refractivity contribution in [1.82, 2.24) is 4.98 Å². The fourth-order valence-corrected chi connectivity index (χ4v) is 1.59. The molecule has 1 aromatic carbocycles. The van der Waals surface area contributed by atoms with Gasteiger partial charge >= 0.3 is 0 Å². The molecule has 0 aliphatic rings. The normalized spacial score (nSPS) is 10.7. The minimum absolute atomic E-state index is 0.0653. The zero-order valence-corrected chi connectivity index (χ0v) is 9.11. The van der Waals surface area contributed by atoms with Gasteiger partial charge in [0.1, 0.15) is 11.5 Å². The standard InChI is InChI=1S/C13H8F3NO/c14-9-5-3-4-8(13(15)16)11(9)12(18)10-6-1-2-7-17-10/h1-7,13H. The monoisotopic (exact) mass is 251 g/mol. The van der Waals surface area contributed by atoms with E-state index >= 15 is 0 Å². The Labute approximate surface area is 101 Å². The third-order valence-corrected chi connectivity index (χ3v) is 2.41. The Morgan fingerprint density at radius 3 is 2.50 bits per heavy atom. The van der Waals surface area contributed by atoms with Crippen molar-refractivity contribution in [2.24, 2.45) is 0 Å². The van der Waals surface area contributed by atoms with Crippen molar-refractivity contribution in [3.8, 4) is 0 Å². The predicted molar refractivity (Wildman–Crippen MR) is 59.0 cm³/mol. The first-order valence-electron chi connectivity index (χ1n) is 5.13. The molecule has 0 unspecified atom stereocenters. The maximum absolute atomic E-state index is 13.6. The highest BCUT2D eigenvalue weighted by molar-refractivity contribution is 6.08. The van der Waals surface area contributed by atoms with E-state index in [0.29, 0.717) is 0 Å². The molecule has 0 amide bonds. The highest BCUT2D eigenvalue weighted by Gasteiger charge is 2.23. The van der Waals surface area contributed by atoms with E-state index in [-0.39, 0.29) is 5.69 Å². The number of carbonyl (C=O) groups excluding carboxylic acids is 1. The van der Waals surface area contributed by atoms with Gasteiger partial charge in [0, 0.05) is 11.8 Å². The first-order chi connectivity index (χ1) is 8.61. The summed E-state index contributed by atoms with van der Waals surface area (Å²) < 4.78 is 39.1. The summed E-state index contributed by atoms with van der Waals surface area (Å²) in [5.41, 5.74) is -1.30. The Bertz CT molecular complexity index is 570. The van der Waals surface area contributed by atoms with Gasteiger partial charge in [0.05, 0.1) is 5.56 Å². The number of ketones is 1. The number of hydrogen-bond acceptors (Lipinski definition) is 2. The van der Waals surface area contributed by atoms with Crippen molar-refractivity contribution >= 4 is 5.78 Å². The molecule has 1 aromatic heterocycles. The van der Waals surface area contributed by atoms with E-state index in [9.17, 15) is 18.0 Å². The smallest absolute Gasteiger partial charge is 0.264 e. The minimum atomic E-state index is -2.91. The summed E-state index contributed by atoms with van der Waals surface area (Å²) in [6, 6.07) is 7.61. The summed E-state index contributed by atoms with van der Waals surface area (Å²) in [6.45, 7) is 0. The predicted octanol–water partition coefficient (Wildman–Crippen LogP) is 3.39. The topological polar surface area (TPSA) is 30.0 Å². The highest BCUT2D eigenvalue weighted by Crippen LogP contribution is 2.26. The van der Waals surface area contributed by atoms with Crippen LogP contribution in [0.15, 0.2) is 42.6 Å². The van der Waals surface area contributed by atoms with E-state index in [1.54, 1.807) is 6.07 Å². The summed E-state index contributed by atoms with van der Waals surface area (Å²) in [5, 5.41) is 0. The molecule has 0 bridgehead atoms. The van der Waals surface area contributed by atoms with E-state index in [4.69, 9.17) is 0 Å². The largest absolute Gasteiger partial charge is 0.287 e. The third kappa shape index (κ3) is 2.25. The van der Waals surface area contributed by atoms with Gasteiger partial charge in [0.2, 0.25) is 5.78 Å². The van der Waals surface area contributed by atoms with Crippen LogP contribution >= 0.6 is 0 Å². The van der Waals surface area contributed by atoms with Crippen LogP contribution in [-0.2, 0) is 0 Å². The molecule has 18 heavy (non-hydrogen) atoms. The number of alkyl halides is 2. The maximum atomic E-state index is 13.6. The number of carbonyl (C=O) groups is 1. The average molecular weight is 251 g/mol. The van der Waals surface area contributed by atoms with E-state index in [2.05, 4.69) is 4.98 Å². The van der Waals surface area contributed by atoms with E-state index < -0.39 is 29.2 Å². The van der Waals surface area contributed by atoms with E-state index in [1.807, 2.05) is 0 Å². The van der Waals surface area contributed by atoms with Crippen LogP contribution in [0.4, 0.5) is 13.2 Å². The van der Waals surface area contributed by atoms with Crippen LogP contribution in [-0.4, -0.2) is 10.8 Å². The van der Waals surface area contributed by atoms with Crippen LogP contribution in [0.25, 0.3) is 0 Å². The van der Waals surface area contributed by atoms with Crippen molar-refractivity contribution in [3.63, 3.8) is 0 Å². The first kappa shape index (κ1) is 12.3. The zero-order valence-electron chi connectivity index (χ0n) is 9.11.